The summed E-state index contributed by atoms with van der Waals surface area (Å²) >= 11 is 0. The first kappa shape index (κ1) is 12.0. The molecule has 3 nitrogen and oxygen atoms in total. The number of rotatable bonds is 2. The van der Waals surface area contributed by atoms with Crippen LogP contribution in [0.15, 0.2) is 18.3 Å². The Labute approximate surface area is 97.8 Å². The maximum atomic E-state index is 13.7. The van der Waals surface area contributed by atoms with E-state index in [9.17, 15) is 13.6 Å². The molecule has 1 aromatic heterocycles. The Hall–Kier alpha value is -1.52. The number of aromatic nitrogens is 1. The highest BCUT2D eigenvalue weighted by atomic mass is 19.3. The fraction of sp³-hybridized carbons (Fsp3) is 0.500. The van der Waals surface area contributed by atoms with E-state index >= 15 is 0 Å². The number of halogens is 2. The maximum Gasteiger partial charge on any atom is 0.255 e. The Morgan fingerprint density at radius 2 is 2.24 bits per heavy atom. The Morgan fingerprint density at radius 3 is 2.82 bits per heavy atom. The van der Waals surface area contributed by atoms with Crippen LogP contribution in [0.5, 0.6) is 5.88 Å². The van der Waals surface area contributed by atoms with Gasteiger partial charge in [0.25, 0.3) is 5.92 Å². The molecule has 5 heteroatoms. The topological polar surface area (TPSA) is 39.2 Å². The molecule has 1 saturated carbocycles. The van der Waals surface area contributed by atoms with Gasteiger partial charge in [0.2, 0.25) is 5.88 Å². The molecule has 0 radical (unpaired) electrons. The van der Waals surface area contributed by atoms with Crippen LogP contribution in [0.3, 0.4) is 0 Å². The van der Waals surface area contributed by atoms with Gasteiger partial charge in [0, 0.05) is 31.5 Å². The molecule has 1 heterocycles. The highest BCUT2D eigenvalue weighted by Gasteiger charge is 2.45. The van der Waals surface area contributed by atoms with E-state index in [0.29, 0.717) is 11.4 Å². The Bertz CT molecular complexity index is 417. The molecule has 0 amide bonds. The van der Waals surface area contributed by atoms with E-state index in [4.69, 9.17) is 4.74 Å². The molecule has 0 aromatic carbocycles. The summed E-state index contributed by atoms with van der Waals surface area (Å²) in [6.07, 6.45) is 0.840. The van der Waals surface area contributed by atoms with E-state index in [1.165, 1.54) is 19.4 Å². The summed E-state index contributed by atoms with van der Waals surface area (Å²) in [5.74, 6) is -3.62. The van der Waals surface area contributed by atoms with Crippen LogP contribution >= 0.6 is 0 Å². The van der Waals surface area contributed by atoms with E-state index < -0.39 is 11.8 Å². The molecule has 1 aromatic rings. The lowest BCUT2D eigenvalue weighted by atomic mass is 9.81. The second kappa shape index (κ2) is 4.39. The zero-order valence-electron chi connectivity index (χ0n) is 9.45. The van der Waals surface area contributed by atoms with E-state index in [0.717, 1.165) is 0 Å². The second-order valence-electron chi connectivity index (χ2n) is 4.19. The van der Waals surface area contributed by atoms with Gasteiger partial charge in [-0.3, -0.25) is 4.79 Å². The SMILES string of the molecule is COc1ccc([C@H]2CC(=O)CCC2(F)F)cn1. The summed E-state index contributed by atoms with van der Waals surface area (Å²) in [7, 11) is 1.46. The van der Waals surface area contributed by atoms with Gasteiger partial charge in [0.1, 0.15) is 5.78 Å². The molecule has 1 fully saturated rings. The zero-order valence-corrected chi connectivity index (χ0v) is 9.45. The minimum absolute atomic E-state index is 0.0346. The first-order valence-electron chi connectivity index (χ1n) is 5.42. The van der Waals surface area contributed by atoms with Gasteiger partial charge >= 0.3 is 0 Å². The molecule has 1 aliphatic carbocycles. The monoisotopic (exact) mass is 241 g/mol. The Morgan fingerprint density at radius 1 is 1.47 bits per heavy atom. The van der Waals surface area contributed by atoms with Gasteiger partial charge in [-0.05, 0) is 5.56 Å². The van der Waals surface area contributed by atoms with Gasteiger partial charge in [-0.1, -0.05) is 6.07 Å². The highest BCUT2D eigenvalue weighted by molar-refractivity contribution is 5.80. The molecule has 0 spiro atoms. The number of alkyl halides is 2. The Balaban J connectivity index is 2.26. The van der Waals surface area contributed by atoms with Crippen molar-refractivity contribution >= 4 is 5.78 Å². The largest absolute Gasteiger partial charge is 0.481 e. The molecule has 0 bridgehead atoms. The number of carbonyl (C=O) groups excluding carboxylic acids is 1. The fourth-order valence-electron chi connectivity index (χ4n) is 2.04. The summed E-state index contributed by atoms with van der Waals surface area (Å²) in [5, 5.41) is 0. The van der Waals surface area contributed by atoms with Crippen LogP contribution < -0.4 is 4.74 Å². The first-order valence-corrected chi connectivity index (χ1v) is 5.42. The number of Topliss-reactive ketones (excluding diaryl/α,β-unsaturated/α-hetero) is 1. The molecular weight excluding hydrogens is 228 g/mol. The van der Waals surface area contributed by atoms with Crippen molar-refractivity contribution in [3.63, 3.8) is 0 Å². The second-order valence-corrected chi connectivity index (χ2v) is 4.19. The number of nitrogens with zero attached hydrogens (tertiary/aromatic N) is 1. The van der Waals surface area contributed by atoms with Crippen molar-refractivity contribution < 1.29 is 18.3 Å². The van der Waals surface area contributed by atoms with Crippen molar-refractivity contribution in [2.75, 3.05) is 7.11 Å². The summed E-state index contributed by atoms with van der Waals surface area (Å²) in [4.78, 5) is 15.2. The number of carbonyl (C=O) groups is 1. The third kappa shape index (κ3) is 2.43. The average molecular weight is 241 g/mol. The summed E-state index contributed by atoms with van der Waals surface area (Å²) in [6, 6.07) is 3.08. The third-order valence-corrected chi connectivity index (χ3v) is 3.05. The third-order valence-electron chi connectivity index (χ3n) is 3.05. The average Bonchev–Trinajstić information content (AvgIpc) is 2.33. The molecule has 0 unspecified atom stereocenters. The van der Waals surface area contributed by atoms with E-state index in [1.54, 1.807) is 6.07 Å². The molecule has 0 saturated heterocycles. The molecule has 0 aliphatic heterocycles. The van der Waals surface area contributed by atoms with Gasteiger partial charge in [0.05, 0.1) is 13.0 Å². The Kier molecular flexibility index (Phi) is 3.09. The van der Waals surface area contributed by atoms with Gasteiger partial charge in [-0.2, -0.15) is 0 Å². The van der Waals surface area contributed by atoms with E-state index in [-0.39, 0.29) is 25.0 Å². The fourth-order valence-corrected chi connectivity index (χ4v) is 2.04. The van der Waals surface area contributed by atoms with Crippen molar-refractivity contribution in [3.05, 3.63) is 23.9 Å². The molecule has 92 valence electrons. The standard InChI is InChI=1S/C12H13F2NO2/c1-17-11-3-2-8(7-15-11)10-6-9(16)4-5-12(10,13)14/h2-3,7,10H,4-6H2,1H3/t10-/m1/s1. The van der Waals surface area contributed by atoms with Gasteiger partial charge in [-0.25, -0.2) is 13.8 Å². The predicted molar refractivity (Wildman–Crippen MR) is 57.3 cm³/mol. The van der Waals surface area contributed by atoms with Crippen LogP contribution in [0.4, 0.5) is 8.78 Å². The smallest absolute Gasteiger partial charge is 0.255 e. The highest BCUT2D eigenvalue weighted by Crippen LogP contribution is 2.43. The molecule has 17 heavy (non-hydrogen) atoms. The number of methoxy groups -OCH3 is 1. The molecular formula is C12H13F2NO2. The zero-order chi connectivity index (χ0) is 12.5. The van der Waals surface area contributed by atoms with Crippen molar-refractivity contribution in [1.29, 1.82) is 0 Å². The molecule has 1 atom stereocenters. The number of hydrogen-bond donors (Lipinski definition) is 0. The minimum atomic E-state index is -2.83. The lowest BCUT2D eigenvalue weighted by molar-refractivity contribution is -0.130. The lowest BCUT2D eigenvalue weighted by Gasteiger charge is -2.30. The summed E-state index contributed by atoms with van der Waals surface area (Å²) in [6.45, 7) is 0. The van der Waals surface area contributed by atoms with Crippen molar-refractivity contribution in [1.82, 2.24) is 4.98 Å². The van der Waals surface area contributed by atoms with Crippen LogP contribution in [0.2, 0.25) is 0 Å². The number of hydrogen-bond acceptors (Lipinski definition) is 3. The van der Waals surface area contributed by atoms with E-state index in [2.05, 4.69) is 4.98 Å². The van der Waals surface area contributed by atoms with Gasteiger partial charge in [0.15, 0.2) is 0 Å². The summed E-state index contributed by atoms with van der Waals surface area (Å²) < 4.78 is 32.3. The predicted octanol–water partition coefficient (Wildman–Crippen LogP) is 2.56. The number of pyridine rings is 1. The number of ketones is 1. The van der Waals surface area contributed by atoms with Crippen molar-refractivity contribution in [2.24, 2.45) is 0 Å². The maximum absolute atomic E-state index is 13.7. The van der Waals surface area contributed by atoms with Crippen LogP contribution in [0, 0.1) is 0 Å². The van der Waals surface area contributed by atoms with Crippen LogP contribution in [0.1, 0.15) is 30.7 Å². The van der Waals surface area contributed by atoms with E-state index in [1.807, 2.05) is 0 Å². The summed E-state index contributed by atoms with van der Waals surface area (Å²) in [5.41, 5.74) is 0.392. The van der Waals surface area contributed by atoms with Crippen LogP contribution in [-0.2, 0) is 4.79 Å². The van der Waals surface area contributed by atoms with Crippen molar-refractivity contribution in [2.45, 2.75) is 31.1 Å². The van der Waals surface area contributed by atoms with Crippen LogP contribution in [0.25, 0.3) is 0 Å². The quantitative estimate of drug-likeness (QED) is 0.798. The van der Waals surface area contributed by atoms with Gasteiger partial charge in [-0.15, -0.1) is 0 Å². The normalized spacial score (nSPS) is 23.5. The van der Waals surface area contributed by atoms with Crippen LogP contribution in [-0.4, -0.2) is 23.8 Å². The lowest BCUT2D eigenvalue weighted by Crippen LogP contribution is -2.33. The van der Waals surface area contributed by atoms with Gasteiger partial charge < -0.3 is 4.74 Å². The molecule has 1 aliphatic rings. The molecule has 2 rings (SSSR count). The first-order chi connectivity index (χ1) is 8.03. The number of ether oxygens (including phenoxy) is 1. The van der Waals surface area contributed by atoms with Crippen molar-refractivity contribution in [3.8, 4) is 5.88 Å². The minimum Gasteiger partial charge on any atom is -0.481 e. The molecule has 0 N–H and O–H groups in total.